The van der Waals surface area contributed by atoms with Crippen LogP contribution in [0.2, 0.25) is 0 Å². The number of carbonyl (C=O) groups excluding carboxylic acids is 1. The van der Waals surface area contributed by atoms with Gasteiger partial charge in [0.25, 0.3) is 0 Å². The van der Waals surface area contributed by atoms with Crippen molar-refractivity contribution in [2.24, 2.45) is 0 Å². The molecule has 0 bridgehead atoms. The fourth-order valence-electron chi connectivity index (χ4n) is 2.54. The van der Waals surface area contributed by atoms with Gasteiger partial charge in [-0.25, -0.2) is 0 Å². The first kappa shape index (κ1) is 16.1. The van der Waals surface area contributed by atoms with E-state index in [2.05, 4.69) is 22.3 Å². The van der Waals surface area contributed by atoms with Crippen molar-refractivity contribution in [1.82, 2.24) is 5.32 Å². The molecule has 1 unspecified atom stereocenters. The number of benzene rings is 2. The molecule has 2 rings (SSSR count). The maximum Gasteiger partial charge on any atom is 0.227 e. The monoisotopic (exact) mass is 296 g/mol. The maximum atomic E-state index is 12.4. The van der Waals surface area contributed by atoms with Crippen LogP contribution in [0.25, 0.3) is 0 Å². The zero-order valence-corrected chi connectivity index (χ0v) is 13.3. The van der Waals surface area contributed by atoms with Crippen LogP contribution in [0, 0.1) is 0 Å². The number of amides is 1. The first-order chi connectivity index (χ1) is 10.7. The van der Waals surface area contributed by atoms with E-state index >= 15 is 0 Å². The van der Waals surface area contributed by atoms with Gasteiger partial charge in [-0.1, -0.05) is 55.5 Å². The summed E-state index contributed by atoms with van der Waals surface area (Å²) >= 11 is 0. The molecule has 0 saturated carbocycles. The molecule has 3 nitrogen and oxygen atoms in total. The van der Waals surface area contributed by atoms with Gasteiger partial charge in [-0.15, -0.1) is 0 Å². The van der Waals surface area contributed by atoms with E-state index in [9.17, 15) is 4.79 Å². The van der Waals surface area contributed by atoms with Crippen molar-refractivity contribution in [2.75, 3.05) is 25.0 Å². The summed E-state index contributed by atoms with van der Waals surface area (Å²) in [6, 6.07) is 20.2. The lowest BCUT2D eigenvalue weighted by molar-refractivity contribution is -0.122. The van der Waals surface area contributed by atoms with Gasteiger partial charge in [-0.05, 0) is 24.1 Å². The molecule has 0 aromatic heterocycles. The predicted molar refractivity (Wildman–Crippen MR) is 92.2 cm³/mol. The van der Waals surface area contributed by atoms with E-state index in [1.165, 1.54) is 0 Å². The second-order valence-electron chi connectivity index (χ2n) is 5.42. The number of para-hydroxylation sites is 1. The number of nitrogens with zero attached hydrogens (tertiary/aromatic N) is 1. The van der Waals surface area contributed by atoms with Gasteiger partial charge >= 0.3 is 0 Å². The van der Waals surface area contributed by atoms with E-state index in [0.29, 0.717) is 6.54 Å². The van der Waals surface area contributed by atoms with Crippen molar-refractivity contribution in [3.8, 4) is 0 Å². The van der Waals surface area contributed by atoms with Gasteiger partial charge in [-0.2, -0.15) is 0 Å². The minimum atomic E-state index is -0.0665. The van der Waals surface area contributed by atoms with Gasteiger partial charge in [0.1, 0.15) is 0 Å². The van der Waals surface area contributed by atoms with Crippen molar-refractivity contribution < 1.29 is 4.79 Å². The summed E-state index contributed by atoms with van der Waals surface area (Å²) in [5.41, 5.74) is 2.24. The first-order valence-corrected chi connectivity index (χ1v) is 7.81. The Hall–Kier alpha value is -2.29. The van der Waals surface area contributed by atoms with Crippen LogP contribution >= 0.6 is 0 Å². The molecule has 0 aliphatic rings. The molecule has 0 aliphatic carbocycles. The molecule has 116 valence electrons. The molecular formula is C19H24N2O. The molecule has 0 aliphatic heterocycles. The summed E-state index contributed by atoms with van der Waals surface area (Å²) in [4.78, 5) is 14.5. The van der Waals surface area contributed by atoms with Crippen molar-refractivity contribution in [1.29, 1.82) is 0 Å². The SMILES string of the molecule is CCC(C(=O)NCCN(C)c1ccccc1)c1ccccc1. The molecule has 0 heterocycles. The Labute approximate surface area is 133 Å². The number of hydrogen-bond acceptors (Lipinski definition) is 2. The van der Waals surface area contributed by atoms with Crippen LogP contribution in [0.4, 0.5) is 5.69 Å². The van der Waals surface area contributed by atoms with Gasteiger partial charge in [0, 0.05) is 25.8 Å². The average molecular weight is 296 g/mol. The Morgan fingerprint density at radius 3 is 2.23 bits per heavy atom. The average Bonchev–Trinajstić information content (AvgIpc) is 2.57. The standard InChI is InChI=1S/C19H24N2O/c1-3-18(16-10-6-4-7-11-16)19(22)20-14-15-21(2)17-12-8-5-9-13-17/h4-13,18H,3,14-15H2,1-2H3,(H,20,22). The highest BCUT2D eigenvalue weighted by atomic mass is 16.1. The van der Waals surface area contributed by atoms with Gasteiger partial charge < -0.3 is 10.2 Å². The summed E-state index contributed by atoms with van der Waals surface area (Å²) in [5.74, 6) is 0.0402. The lowest BCUT2D eigenvalue weighted by atomic mass is 9.96. The first-order valence-electron chi connectivity index (χ1n) is 7.81. The lowest BCUT2D eigenvalue weighted by Gasteiger charge is -2.21. The number of anilines is 1. The van der Waals surface area contributed by atoms with Crippen LogP contribution in [0.5, 0.6) is 0 Å². The topological polar surface area (TPSA) is 32.3 Å². The summed E-state index contributed by atoms with van der Waals surface area (Å²) in [6.45, 7) is 3.49. The summed E-state index contributed by atoms with van der Waals surface area (Å²) in [6.07, 6.45) is 0.810. The molecule has 2 aromatic rings. The van der Waals surface area contributed by atoms with Crippen LogP contribution in [0.3, 0.4) is 0 Å². The van der Waals surface area contributed by atoms with E-state index in [4.69, 9.17) is 0 Å². The van der Waals surface area contributed by atoms with Crippen molar-refractivity contribution >= 4 is 11.6 Å². The largest absolute Gasteiger partial charge is 0.373 e. The third-order valence-corrected chi connectivity index (χ3v) is 3.87. The van der Waals surface area contributed by atoms with Gasteiger partial charge in [0.2, 0.25) is 5.91 Å². The minimum Gasteiger partial charge on any atom is -0.373 e. The zero-order chi connectivity index (χ0) is 15.8. The van der Waals surface area contributed by atoms with Gasteiger partial charge in [-0.3, -0.25) is 4.79 Å². The Kier molecular flexibility index (Phi) is 6.01. The Bertz CT molecular complexity index is 569. The molecule has 0 fully saturated rings. The Morgan fingerprint density at radius 2 is 1.64 bits per heavy atom. The van der Waals surface area contributed by atoms with Crippen LogP contribution < -0.4 is 10.2 Å². The molecule has 1 atom stereocenters. The van der Waals surface area contributed by atoms with E-state index in [1.807, 2.05) is 62.5 Å². The molecule has 1 amide bonds. The number of carbonyl (C=O) groups is 1. The fraction of sp³-hybridized carbons (Fsp3) is 0.316. The quantitative estimate of drug-likeness (QED) is 0.849. The predicted octanol–water partition coefficient (Wildman–Crippen LogP) is 3.43. The molecule has 3 heteroatoms. The highest BCUT2D eigenvalue weighted by Crippen LogP contribution is 2.19. The molecule has 0 saturated heterocycles. The van der Waals surface area contributed by atoms with E-state index in [-0.39, 0.29) is 11.8 Å². The van der Waals surface area contributed by atoms with Crippen LogP contribution in [-0.2, 0) is 4.79 Å². The van der Waals surface area contributed by atoms with Gasteiger partial charge in [0.15, 0.2) is 0 Å². The van der Waals surface area contributed by atoms with E-state index < -0.39 is 0 Å². The molecule has 22 heavy (non-hydrogen) atoms. The maximum absolute atomic E-state index is 12.4. The van der Waals surface area contributed by atoms with E-state index in [0.717, 1.165) is 24.2 Å². The Balaban J connectivity index is 1.84. The highest BCUT2D eigenvalue weighted by Gasteiger charge is 2.17. The number of likely N-dealkylation sites (N-methyl/N-ethyl adjacent to an activating group) is 1. The van der Waals surface area contributed by atoms with Gasteiger partial charge in [0.05, 0.1) is 5.92 Å². The second kappa shape index (κ2) is 8.23. The fourth-order valence-corrected chi connectivity index (χ4v) is 2.54. The Morgan fingerprint density at radius 1 is 1.05 bits per heavy atom. The molecule has 0 spiro atoms. The van der Waals surface area contributed by atoms with Crippen LogP contribution in [0.15, 0.2) is 60.7 Å². The third-order valence-electron chi connectivity index (χ3n) is 3.87. The summed E-state index contributed by atoms with van der Waals surface area (Å²) in [7, 11) is 2.04. The lowest BCUT2D eigenvalue weighted by Crippen LogP contribution is -2.35. The van der Waals surface area contributed by atoms with Crippen LogP contribution in [0.1, 0.15) is 24.8 Å². The summed E-state index contributed by atoms with van der Waals surface area (Å²) < 4.78 is 0. The molecule has 1 N–H and O–H groups in total. The third kappa shape index (κ3) is 4.35. The number of hydrogen-bond donors (Lipinski definition) is 1. The molecule has 2 aromatic carbocycles. The minimum absolute atomic E-state index is 0.0665. The highest BCUT2D eigenvalue weighted by molar-refractivity contribution is 5.83. The second-order valence-corrected chi connectivity index (χ2v) is 5.42. The van der Waals surface area contributed by atoms with Crippen molar-refractivity contribution in [2.45, 2.75) is 19.3 Å². The zero-order valence-electron chi connectivity index (χ0n) is 13.3. The summed E-state index contributed by atoms with van der Waals surface area (Å²) in [5, 5.41) is 3.05. The van der Waals surface area contributed by atoms with Crippen molar-refractivity contribution in [3.63, 3.8) is 0 Å². The molecular weight excluding hydrogens is 272 g/mol. The normalized spacial score (nSPS) is 11.7. The smallest absolute Gasteiger partial charge is 0.227 e. The van der Waals surface area contributed by atoms with Crippen molar-refractivity contribution in [3.05, 3.63) is 66.2 Å². The van der Waals surface area contributed by atoms with E-state index in [1.54, 1.807) is 0 Å². The number of nitrogens with one attached hydrogen (secondary N) is 1. The number of rotatable bonds is 7. The molecule has 0 radical (unpaired) electrons. The van der Waals surface area contributed by atoms with Crippen LogP contribution in [-0.4, -0.2) is 26.0 Å².